The van der Waals surface area contributed by atoms with E-state index in [1.165, 1.54) is 16.7 Å². The summed E-state index contributed by atoms with van der Waals surface area (Å²) >= 11 is 1.20. The van der Waals surface area contributed by atoms with Gasteiger partial charge in [-0.15, -0.1) is 0 Å². The molecule has 1 unspecified atom stereocenters. The van der Waals surface area contributed by atoms with Gasteiger partial charge in [0, 0.05) is 13.6 Å². The van der Waals surface area contributed by atoms with Gasteiger partial charge in [0.15, 0.2) is 5.58 Å². The molecule has 0 aliphatic carbocycles. The fourth-order valence-corrected chi connectivity index (χ4v) is 2.52. The number of hydrogen-bond donors (Lipinski definition) is 1. The first-order valence-electron chi connectivity index (χ1n) is 6.42. The number of hydrogen-bond acceptors (Lipinski definition) is 5. The van der Waals surface area contributed by atoms with Crippen molar-refractivity contribution < 1.29 is 19.1 Å². The van der Waals surface area contributed by atoms with Gasteiger partial charge in [0.25, 0.3) is 5.22 Å². The van der Waals surface area contributed by atoms with Crippen LogP contribution in [0.5, 0.6) is 0 Å². The number of carbonyl (C=O) groups is 2. The second kappa shape index (κ2) is 6.62. The molecule has 2 rings (SSSR count). The molecule has 7 heteroatoms. The van der Waals surface area contributed by atoms with E-state index in [0.717, 1.165) is 5.52 Å². The van der Waals surface area contributed by atoms with Crippen LogP contribution in [0.1, 0.15) is 6.92 Å². The van der Waals surface area contributed by atoms with E-state index in [1.54, 1.807) is 14.0 Å². The summed E-state index contributed by atoms with van der Waals surface area (Å²) in [6.07, 6.45) is 0. The highest BCUT2D eigenvalue weighted by Gasteiger charge is 2.18. The summed E-state index contributed by atoms with van der Waals surface area (Å²) in [7, 11) is 1.59. The quantitative estimate of drug-likeness (QED) is 0.823. The molecule has 0 spiro atoms. The Balaban J connectivity index is 1.89. The predicted octanol–water partition coefficient (Wildman–Crippen LogP) is 2.10. The number of carbonyl (C=O) groups excluding carboxylic acids is 1. The van der Waals surface area contributed by atoms with Crippen molar-refractivity contribution in [2.75, 3.05) is 19.3 Å². The highest BCUT2D eigenvalue weighted by molar-refractivity contribution is 7.99. The van der Waals surface area contributed by atoms with Crippen LogP contribution in [0.25, 0.3) is 11.1 Å². The summed E-state index contributed by atoms with van der Waals surface area (Å²) in [5.74, 6) is -1.50. The Hall–Kier alpha value is -2.02. The number of aromatic nitrogens is 1. The van der Waals surface area contributed by atoms with Gasteiger partial charge in [0.1, 0.15) is 5.52 Å². The molecule has 0 saturated carbocycles. The fraction of sp³-hybridized carbons (Fsp3) is 0.357. The average molecular weight is 308 g/mol. The Kier molecular flexibility index (Phi) is 4.85. The molecular formula is C14H16N2O4S. The van der Waals surface area contributed by atoms with E-state index in [9.17, 15) is 9.59 Å². The zero-order chi connectivity index (χ0) is 15.4. The number of aliphatic carboxylic acids is 1. The Bertz CT molecular complexity index is 622. The van der Waals surface area contributed by atoms with Gasteiger partial charge < -0.3 is 14.4 Å². The molecule has 0 saturated heterocycles. The van der Waals surface area contributed by atoms with Gasteiger partial charge in [0.05, 0.1) is 11.7 Å². The van der Waals surface area contributed by atoms with Crippen molar-refractivity contribution in [3.8, 4) is 0 Å². The SMILES string of the molecule is CC(CN(C)C(=O)CSc1nc2ccccc2o1)C(=O)O. The van der Waals surface area contributed by atoms with Crippen LogP contribution in [0.15, 0.2) is 33.9 Å². The van der Waals surface area contributed by atoms with Gasteiger partial charge in [-0.25, -0.2) is 4.98 Å². The molecule has 112 valence electrons. The Morgan fingerprint density at radius 3 is 2.81 bits per heavy atom. The largest absolute Gasteiger partial charge is 0.481 e. The molecule has 2 aromatic rings. The zero-order valence-corrected chi connectivity index (χ0v) is 12.6. The van der Waals surface area contributed by atoms with E-state index in [2.05, 4.69) is 4.98 Å². The van der Waals surface area contributed by atoms with E-state index in [0.29, 0.717) is 10.8 Å². The Morgan fingerprint density at radius 2 is 2.14 bits per heavy atom. The summed E-state index contributed by atoms with van der Waals surface area (Å²) in [5.41, 5.74) is 1.43. The summed E-state index contributed by atoms with van der Waals surface area (Å²) in [4.78, 5) is 28.4. The molecule has 1 aromatic heterocycles. The number of fused-ring (bicyclic) bond motifs is 1. The number of rotatable bonds is 6. The molecule has 21 heavy (non-hydrogen) atoms. The van der Waals surface area contributed by atoms with Crippen LogP contribution in [0.2, 0.25) is 0 Å². The number of benzene rings is 1. The Morgan fingerprint density at radius 1 is 1.43 bits per heavy atom. The lowest BCUT2D eigenvalue weighted by atomic mass is 10.2. The molecule has 0 aliphatic heterocycles. The normalized spacial score (nSPS) is 12.3. The van der Waals surface area contributed by atoms with Crippen LogP contribution in [0.4, 0.5) is 0 Å². The van der Waals surface area contributed by atoms with Crippen molar-refractivity contribution in [1.29, 1.82) is 0 Å². The zero-order valence-electron chi connectivity index (χ0n) is 11.8. The minimum atomic E-state index is -0.916. The fourth-order valence-electron chi connectivity index (χ4n) is 1.74. The van der Waals surface area contributed by atoms with Crippen LogP contribution in [-0.4, -0.2) is 46.2 Å². The number of nitrogens with zero attached hydrogens (tertiary/aromatic N) is 2. The maximum absolute atomic E-state index is 11.9. The monoisotopic (exact) mass is 308 g/mol. The lowest BCUT2D eigenvalue weighted by Gasteiger charge is -2.18. The van der Waals surface area contributed by atoms with Crippen LogP contribution >= 0.6 is 11.8 Å². The first-order chi connectivity index (χ1) is 9.97. The number of thioether (sulfide) groups is 1. The molecule has 1 atom stereocenters. The molecular weight excluding hydrogens is 292 g/mol. The van der Waals surface area contributed by atoms with Gasteiger partial charge >= 0.3 is 5.97 Å². The smallest absolute Gasteiger partial charge is 0.308 e. The molecule has 1 amide bonds. The van der Waals surface area contributed by atoms with Gasteiger partial charge in [0.2, 0.25) is 5.91 Å². The topological polar surface area (TPSA) is 83.6 Å². The molecule has 6 nitrogen and oxygen atoms in total. The number of carboxylic acids is 1. The number of amides is 1. The number of para-hydroxylation sites is 2. The first-order valence-corrected chi connectivity index (χ1v) is 7.41. The van der Waals surface area contributed by atoms with Crippen molar-refractivity contribution in [3.05, 3.63) is 24.3 Å². The van der Waals surface area contributed by atoms with Crippen LogP contribution in [0, 0.1) is 5.92 Å². The van der Waals surface area contributed by atoms with Gasteiger partial charge in [-0.05, 0) is 12.1 Å². The second-order valence-corrected chi connectivity index (χ2v) is 5.68. The van der Waals surface area contributed by atoms with E-state index >= 15 is 0 Å². The minimum Gasteiger partial charge on any atom is -0.481 e. The third-order valence-corrected chi connectivity index (χ3v) is 3.80. The van der Waals surface area contributed by atoms with E-state index in [-0.39, 0.29) is 18.2 Å². The number of carboxylic acid groups (broad SMARTS) is 1. The van der Waals surface area contributed by atoms with E-state index in [4.69, 9.17) is 9.52 Å². The third-order valence-electron chi connectivity index (χ3n) is 2.99. The van der Waals surface area contributed by atoms with Crippen molar-refractivity contribution in [2.45, 2.75) is 12.1 Å². The lowest BCUT2D eigenvalue weighted by Crippen LogP contribution is -2.34. The first kappa shape index (κ1) is 15.4. The third kappa shape index (κ3) is 3.98. The molecule has 0 bridgehead atoms. The molecule has 0 radical (unpaired) electrons. The maximum atomic E-state index is 11.9. The van der Waals surface area contributed by atoms with Crippen LogP contribution in [-0.2, 0) is 9.59 Å². The van der Waals surface area contributed by atoms with E-state index in [1.807, 2.05) is 24.3 Å². The van der Waals surface area contributed by atoms with Gasteiger partial charge in [-0.1, -0.05) is 30.8 Å². The van der Waals surface area contributed by atoms with Crippen molar-refractivity contribution in [3.63, 3.8) is 0 Å². The molecule has 1 heterocycles. The van der Waals surface area contributed by atoms with Crippen molar-refractivity contribution >= 4 is 34.7 Å². The van der Waals surface area contributed by atoms with E-state index < -0.39 is 11.9 Å². The highest BCUT2D eigenvalue weighted by atomic mass is 32.2. The standard InChI is InChI=1S/C14H16N2O4S/c1-9(13(18)19)7-16(2)12(17)8-21-14-15-10-5-3-4-6-11(10)20-14/h3-6,9H,7-8H2,1-2H3,(H,18,19). The molecule has 0 aliphatic rings. The molecule has 1 N–H and O–H groups in total. The second-order valence-electron chi connectivity index (χ2n) is 4.75. The van der Waals surface area contributed by atoms with Crippen LogP contribution < -0.4 is 0 Å². The predicted molar refractivity (Wildman–Crippen MR) is 79.2 cm³/mol. The van der Waals surface area contributed by atoms with Gasteiger partial charge in [-0.3, -0.25) is 9.59 Å². The Labute approximate surface area is 126 Å². The molecule has 0 fully saturated rings. The molecule has 1 aromatic carbocycles. The van der Waals surface area contributed by atoms with Crippen LogP contribution in [0.3, 0.4) is 0 Å². The summed E-state index contributed by atoms with van der Waals surface area (Å²) < 4.78 is 5.50. The minimum absolute atomic E-state index is 0.157. The van der Waals surface area contributed by atoms with Crippen molar-refractivity contribution in [1.82, 2.24) is 9.88 Å². The van der Waals surface area contributed by atoms with Gasteiger partial charge in [-0.2, -0.15) is 0 Å². The lowest BCUT2D eigenvalue weighted by molar-refractivity contribution is -0.142. The summed E-state index contributed by atoms with van der Waals surface area (Å²) in [6, 6.07) is 7.37. The maximum Gasteiger partial charge on any atom is 0.308 e. The number of oxazole rings is 1. The summed E-state index contributed by atoms with van der Waals surface area (Å²) in [5, 5.41) is 9.27. The average Bonchev–Trinajstić information content (AvgIpc) is 2.87. The van der Waals surface area contributed by atoms with Crippen molar-refractivity contribution in [2.24, 2.45) is 5.92 Å². The summed E-state index contributed by atoms with van der Waals surface area (Å²) in [6.45, 7) is 1.75. The highest BCUT2D eigenvalue weighted by Crippen LogP contribution is 2.23.